The lowest BCUT2D eigenvalue weighted by Gasteiger charge is -2.10. The van der Waals surface area contributed by atoms with Crippen molar-refractivity contribution in [2.75, 3.05) is 18.5 Å². The Labute approximate surface area is 177 Å². The van der Waals surface area contributed by atoms with E-state index in [2.05, 4.69) is 15.7 Å². The fourth-order valence-electron chi connectivity index (χ4n) is 2.68. The molecule has 156 valence electrons. The van der Waals surface area contributed by atoms with E-state index in [-0.39, 0.29) is 23.7 Å². The molecule has 1 heterocycles. The number of rotatable bonds is 7. The molecule has 0 aliphatic heterocycles. The second-order valence-corrected chi connectivity index (χ2v) is 6.65. The molecule has 0 saturated carbocycles. The van der Waals surface area contributed by atoms with Crippen LogP contribution < -0.4 is 20.9 Å². The first-order chi connectivity index (χ1) is 14.5. The molecule has 1 aromatic heterocycles. The monoisotopic (exact) mass is 430 g/mol. The molecule has 0 atom stereocenters. The van der Waals surface area contributed by atoms with Crippen LogP contribution in [0.5, 0.6) is 5.75 Å². The van der Waals surface area contributed by atoms with E-state index in [1.807, 2.05) is 31.2 Å². The van der Waals surface area contributed by atoms with Crippen LogP contribution >= 0.6 is 11.6 Å². The normalized spacial score (nSPS) is 10.5. The second kappa shape index (κ2) is 9.89. The first-order valence-corrected chi connectivity index (χ1v) is 9.65. The average molecular weight is 431 g/mol. The van der Waals surface area contributed by atoms with Gasteiger partial charge in [0.25, 0.3) is 5.56 Å². The van der Waals surface area contributed by atoms with Crippen molar-refractivity contribution in [3.63, 3.8) is 0 Å². The number of aromatic nitrogens is 2. The number of anilines is 1. The maximum absolute atomic E-state index is 13.2. The number of nitrogens with one attached hydrogen (secondary N) is 2. The minimum atomic E-state index is -0.569. The number of amides is 2. The molecular weight excluding hydrogens is 411 g/mol. The van der Waals surface area contributed by atoms with Crippen LogP contribution in [0.2, 0.25) is 5.02 Å². The van der Waals surface area contributed by atoms with E-state index in [1.54, 1.807) is 6.07 Å². The molecular formula is C21H20ClFN4O3. The number of hydrogen-bond donors (Lipinski definition) is 2. The molecule has 9 heteroatoms. The number of nitrogens with zero attached hydrogens (tertiary/aromatic N) is 2. The van der Waals surface area contributed by atoms with Gasteiger partial charge in [0.05, 0.1) is 23.9 Å². The molecule has 0 unspecified atom stereocenters. The summed E-state index contributed by atoms with van der Waals surface area (Å²) < 4.78 is 19.9. The van der Waals surface area contributed by atoms with Crippen LogP contribution in [0.3, 0.4) is 0 Å². The number of carbonyl (C=O) groups excluding carboxylic acids is 1. The Morgan fingerprint density at radius 3 is 2.63 bits per heavy atom. The largest absolute Gasteiger partial charge is 0.494 e. The summed E-state index contributed by atoms with van der Waals surface area (Å²) in [6.45, 7) is 2.84. The van der Waals surface area contributed by atoms with Gasteiger partial charge < -0.3 is 15.4 Å². The topological polar surface area (TPSA) is 85.2 Å². The summed E-state index contributed by atoms with van der Waals surface area (Å²) in [5, 5.41) is 9.43. The molecule has 0 bridgehead atoms. The van der Waals surface area contributed by atoms with E-state index in [4.69, 9.17) is 16.3 Å². The van der Waals surface area contributed by atoms with Crippen molar-refractivity contribution in [3.05, 3.63) is 75.8 Å². The lowest BCUT2D eigenvalue weighted by molar-refractivity contribution is 0.251. The van der Waals surface area contributed by atoms with Gasteiger partial charge in [0.15, 0.2) is 0 Å². The van der Waals surface area contributed by atoms with Gasteiger partial charge in [-0.2, -0.15) is 5.10 Å². The lowest BCUT2D eigenvalue weighted by Crippen LogP contribution is -2.34. The summed E-state index contributed by atoms with van der Waals surface area (Å²) in [7, 11) is 0. The molecule has 0 spiro atoms. The number of carbonyl (C=O) groups is 1. The Hall–Kier alpha value is -3.39. The first-order valence-electron chi connectivity index (χ1n) is 9.27. The Balaban J connectivity index is 1.59. The van der Waals surface area contributed by atoms with E-state index >= 15 is 0 Å². The zero-order valence-electron chi connectivity index (χ0n) is 16.2. The van der Waals surface area contributed by atoms with E-state index in [0.717, 1.165) is 17.4 Å². The standard InChI is InChI=1S/C21H20ClFN4O3/c1-2-30-16-6-3-14(4-7-16)19-9-10-20(28)27(26-19)12-11-24-21(29)25-15-5-8-18(23)17(22)13-15/h3-10,13H,2,11-12H2,1H3,(H2,24,25,29). The SMILES string of the molecule is CCOc1ccc(-c2ccc(=O)n(CCNC(=O)Nc3ccc(F)c(Cl)c3)n2)cc1. The van der Waals surface area contributed by atoms with Crippen LogP contribution in [-0.2, 0) is 6.54 Å². The third-order valence-corrected chi connectivity index (χ3v) is 4.40. The van der Waals surface area contributed by atoms with Gasteiger partial charge in [0.1, 0.15) is 11.6 Å². The van der Waals surface area contributed by atoms with Gasteiger partial charge in [0.2, 0.25) is 0 Å². The zero-order chi connectivity index (χ0) is 21.5. The van der Waals surface area contributed by atoms with E-state index < -0.39 is 11.8 Å². The van der Waals surface area contributed by atoms with E-state index in [0.29, 0.717) is 18.0 Å². The van der Waals surface area contributed by atoms with Gasteiger partial charge in [-0.25, -0.2) is 13.9 Å². The predicted molar refractivity (Wildman–Crippen MR) is 114 cm³/mol. The van der Waals surface area contributed by atoms with Gasteiger partial charge in [-0.1, -0.05) is 11.6 Å². The summed E-state index contributed by atoms with van der Waals surface area (Å²) in [5.74, 6) is 0.188. The molecule has 2 N–H and O–H groups in total. The van der Waals surface area contributed by atoms with Gasteiger partial charge in [-0.05, 0) is 55.5 Å². The van der Waals surface area contributed by atoms with Crippen molar-refractivity contribution in [2.45, 2.75) is 13.5 Å². The van der Waals surface area contributed by atoms with Crippen molar-refractivity contribution in [1.29, 1.82) is 0 Å². The highest BCUT2D eigenvalue weighted by Gasteiger charge is 2.07. The molecule has 3 rings (SSSR count). The van der Waals surface area contributed by atoms with Gasteiger partial charge in [-0.3, -0.25) is 4.79 Å². The fourth-order valence-corrected chi connectivity index (χ4v) is 2.86. The molecule has 0 saturated heterocycles. The summed E-state index contributed by atoms with van der Waals surface area (Å²) in [6, 6.07) is 13.8. The Kier molecular flexibility index (Phi) is 7.03. The molecule has 0 radical (unpaired) electrons. The number of halogens is 2. The maximum atomic E-state index is 13.2. The van der Waals surface area contributed by atoms with Crippen molar-refractivity contribution in [2.24, 2.45) is 0 Å². The molecule has 0 aliphatic rings. The lowest BCUT2D eigenvalue weighted by atomic mass is 10.1. The van der Waals surface area contributed by atoms with Crippen LogP contribution in [0.1, 0.15) is 6.92 Å². The van der Waals surface area contributed by atoms with Crippen molar-refractivity contribution in [1.82, 2.24) is 15.1 Å². The van der Waals surface area contributed by atoms with Crippen LogP contribution in [0.15, 0.2) is 59.4 Å². The summed E-state index contributed by atoms with van der Waals surface area (Å²) in [4.78, 5) is 24.1. The summed E-state index contributed by atoms with van der Waals surface area (Å²) in [5.41, 5.74) is 1.54. The Morgan fingerprint density at radius 2 is 1.93 bits per heavy atom. The van der Waals surface area contributed by atoms with Crippen molar-refractivity contribution in [3.8, 4) is 17.0 Å². The fraction of sp³-hybridized carbons (Fsp3) is 0.190. The number of benzene rings is 2. The molecule has 0 aliphatic carbocycles. The molecule has 2 amide bonds. The minimum Gasteiger partial charge on any atom is -0.494 e. The van der Waals surface area contributed by atoms with Crippen LogP contribution in [-0.4, -0.2) is 29.0 Å². The Bertz CT molecular complexity index is 1090. The highest BCUT2D eigenvalue weighted by Crippen LogP contribution is 2.20. The van der Waals surface area contributed by atoms with Crippen molar-refractivity contribution < 1.29 is 13.9 Å². The second-order valence-electron chi connectivity index (χ2n) is 6.25. The predicted octanol–water partition coefficient (Wildman–Crippen LogP) is 3.92. The zero-order valence-corrected chi connectivity index (χ0v) is 16.9. The highest BCUT2D eigenvalue weighted by atomic mass is 35.5. The van der Waals surface area contributed by atoms with Gasteiger partial charge in [-0.15, -0.1) is 0 Å². The number of urea groups is 1. The first kappa shape index (κ1) is 21.3. The summed E-state index contributed by atoms with van der Waals surface area (Å²) >= 11 is 5.69. The van der Waals surface area contributed by atoms with Crippen LogP contribution in [0.4, 0.5) is 14.9 Å². The van der Waals surface area contributed by atoms with Crippen LogP contribution in [0, 0.1) is 5.82 Å². The number of hydrogen-bond acceptors (Lipinski definition) is 4. The third-order valence-electron chi connectivity index (χ3n) is 4.11. The minimum absolute atomic E-state index is 0.0883. The van der Waals surface area contributed by atoms with Gasteiger partial charge >= 0.3 is 6.03 Å². The maximum Gasteiger partial charge on any atom is 0.319 e. The third kappa shape index (κ3) is 5.57. The smallest absolute Gasteiger partial charge is 0.319 e. The van der Waals surface area contributed by atoms with Crippen molar-refractivity contribution >= 4 is 23.3 Å². The Morgan fingerprint density at radius 1 is 1.17 bits per heavy atom. The highest BCUT2D eigenvalue weighted by molar-refractivity contribution is 6.31. The molecule has 7 nitrogen and oxygen atoms in total. The number of ether oxygens (including phenoxy) is 1. The molecule has 3 aromatic rings. The quantitative estimate of drug-likeness (QED) is 0.595. The van der Waals surface area contributed by atoms with Crippen LogP contribution in [0.25, 0.3) is 11.3 Å². The van der Waals surface area contributed by atoms with E-state index in [1.165, 1.54) is 22.9 Å². The average Bonchev–Trinajstić information content (AvgIpc) is 2.73. The van der Waals surface area contributed by atoms with E-state index in [9.17, 15) is 14.0 Å². The summed E-state index contributed by atoms with van der Waals surface area (Å²) in [6.07, 6.45) is 0. The van der Waals surface area contributed by atoms with Gasteiger partial charge in [0, 0.05) is 23.9 Å². The molecule has 2 aromatic carbocycles. The molecule has 0 fully saturated rings. The molecule has 30 heavy (non-hydrogen) atoms.